The highest BCUT2D eigenvalue weighted by Gasteiger charge is 2.08. The van der Waals surface area contributed by atoms with Gasteiger partial charge < -0.3 is 5.32 Å². The maximum atomic E-state index is 4.59. The van der Waals surface area contributed by atoms with Gasteiger partial charge in [0.1, 0.15) is 5.82 Å². The number of hydrogen-bond acceptors (Lipinski definition) is 6. The molecular formula is C18H18N8. The van der Waals surface area contributed by atoms with E-state index in [-0.39, 0.29) is 0 Å². The Kier molecular flexibility index (Phi) is 4.14. The van der Waals surface area contributed by atoms with Crippen LogP contribution in [0, 0.1) is 0 Å². The predicted molar refractivity (Wildman–Crippen MR) is 99.8 cm³/mol. The third-order valence-corrected chi connectivity index (χ3v) is 3.95. The maximum Gasteiger partial charge on any atom is 0.228 e. The Morgan fingerprint density at radius 2 is 2.08 bits per heavy atom. The number of rotatable bonds is 5. The Balaban J connectivity index is 1.66. The summed E-state index contributed by atoms with van der Waals surface area (Å²) in [5, 5.41) is 15.7. The van der Waals surface area contributed by atoms with Gasteiger partial charge in [-0.3, -0.25) is 9.08 Å². The molecule has 0 atom stereocenters. The summed E-state index contributed by atoms with van der Waals surface area (Å²) in [7, 11) is 1.86. The number of nitrogens with one attached hydrogen (secondary N) is 1. The third-order valence-electron chi connectivity index (χ3n) is 3.95. The second-order valence-corrected chi connectivity index (χ2v) is 5.74. The van der Waals surface area contributed by atoms with Crippen LogP contribution < -0.4 is 5.32 Å². The molecule has 0 fully saturated rings. The Hall–Kier alpha value is -3.55. The SMILES string of the molecule is CCC=Cc1nnc2cc(-c3ccnc(Nc4ccnn4C)n3)ccn12. The molecule has 0 unspecified atom stereocenters. The van der Waals surface area contributed by atoms with Gasteiger partial charge in [0, 0.05) is 31.1 Å². The number of pyridine rings is 1. The second kappa shape index (κ2) is 6.75. The van der Waals surface area contributed by atoms with Crippen LogP contribution in [0.25, 0.3) is 23.0 Å². The Labute approximate surface area is 150 Å². The van der Waals surface area contributed by atoms with Crippen molar-refractivity contribution in [1.82, 2.24) is 34.3 Å². The highest BCUT2D eigenvalue weighted by Crippen LogP contribution is 2.21. The van der Waals surface area contributed by atoms with Crippen molar-refractivity contribution >= 4 is 23.5 Å². The first kappa shape index (κ1) is 15.9. The summed E-state index contributed by atoms with van der Waals surface area (Å²) in [6.45, 7) is 2.09. The fraction of sp³-hybridized carbons (Fsp3) is 0.167. The van der Waals surface area contributed by atoms with Crippen LogP contribution in [0.4, 0.5) is 11.8 Å². The lowest BCUT2D eigenvalue weighted by molar-refractivity contribution is 0.775. The molecule has 0 aromatic carbocycles. The van der Waals surface area contributed by atoms with Gasteiger partial charge in [0.25, 0.3) is 0 Å². The van der Waals surface area contributed by atoms with E-state index in [0.717, 1.165) is 35.0 Å². The van der Waals surface area contributed by atoms with E-state index in [4.69, 9.17) is 0 Å². The first-order valence-electron chi connectivity index (χ1n) is 8.34. The van der Waals surface area contributed by atoms with Crippen molar-refractivity contribution < 1.29 is 0 Å². The highest BCUT2D eigenvalue weighted by molar-refractivity contribution is 5.66. The summed E-state index contributed by atoms with van der Waals surface area (Å²) in [5.74, 6) is 2.15. The number of hydrogen-bond donors (Lipinski definition) is 1. The number of aryl methyl sites for hydroxylation is 1. The molecule has 0 saturated heterocycles. The van der Waals surface area contributed by atoms with Crippen LogP contribution in [-0.4, -0.2) is 34.3 Å². The van der Waals surface area contributed by atoms with E-state index in [1.807, 2.05) is 48.0 Å². The first-order valence-corrected chi connectivity index (χ1v) is 8.34. The van der Waals surface area contributed by atoms with Crippen LogP contribution in [-0.2, 0) is 7.05 Å². The zero-order valence-electron chi connectivity index (χ0n) is 14.5. The van der Waals surface area contributed by atoms with Gasteiger partial charge in [-0.1, -0.05) is 13.0 Å². The fourth-order valence-electron chi connectivity index (χ4n) is 2.60. The zero-order valence-corrected chi connectivity index (χ0v) is 14.5. The molecule has 4 aromatic heterocycles. The van der Waals surface area contributed by atoms with E-state index < -0.39 is 0 Å². The molecule has 0 saturated carbocycles. The van der Waals surface area contributed by atoms with Gasteiger partial charge in [0.15, 0.2) is 11.5 Å². The van der Waals surface area contributed by atoms with Crippen molar-refractivity contribution in [2.75, 3.05) is 5.32 Å². The van der Waals surface area contributed by atoms with Gasteiger partial charge in [-0.05, 0) is 30.7 Å². The molecule has 8 nitrogen and oxygen atoms in total. The lowest BCUT2D eigenvalue weighted by Crippen LogP contribution is -2.02. The smallest absolute Gasteiger partial charge is 0.228 e. The monoisotopic (exact) mass is 346 g/mol. The molecular weight excluding hydrogens is 328 g/mol. The molecule has 130 valence electrons. The highest BCUT2D eigenvalue weighted by atomic mass is 15.3. The standard InChI is InChI=1S/C18H18N8/c1-3-4-5-16-23-24-17-12-13(8-11-26(16)17)14-6-9-19-18(21-14)22-15-7-10-20-25(15)2/h4-12H,3H2,1-2H3,(H,19,21,22). The number of allylic oxidation sites excluding steroid dienone is 1. The summed E-state index contributed by atoms with van der Waals surface area (Å²) in [5.41, 5.74) is 2.53. The lowest BCUT2D eigenvalue weighted by atomic mass is 10.2. The second-order valence-electron chi connectivity index (χ2n) is 5.74. The van der Waals surface area contributed by atoms with Gasteiger partial charge in [-0.25, -0.2) is 9.97 Å². The lowest BCUT2D eigenvalue weighted by Gasteiger charge is -2.07. The van der Waals surface area contributed by atoms with Gasteiger partial charge >= 0.3 is 0 Å². The summed E-state index contributed by atoms with van der Waals surface area (Å²) in [6.07, 6.45) is 10.4. The van der Waals surface area contributed by atoms with Gasteiger partial charge in [0.05, 0.1) is 11.9 Å². The van der Waals surface area contributed by atoms with Crippen LogP contribution in [0.1, 0.15) is 19.2 Å². The fourth-order valence-corrected chi connectivity index (χ4v) is 2.60. The van der Waals surface area contributed by atoms with Crippen LogP contribution in [0.2, 0.25) is 0 Å². The average Bonchev–Trinajstić information content (AvgIpc) is 3.26. The van der Waals surface area contributed by atoms with Crippen LogP contribution in [0.5, 0.6) is 0 Å². The molecule has 0 amide bonds. The van der Waals surface area contributed by atoms with Crippen LogP contribution in [0.3, 0.4) is 0 Å². The first-order chi connectivity index (χ1) is 12.7. The normalized spacial score (nSPS) is 11.5. The Morgan fingerprint density at radius 3 is 2.88 bits per heavy atom. The van der Waals surface area contributed by atoms with E-state index in [0.29, 0.717) is 5.95 Å². The minimum atomic E-state index is 0.513. The molecule has 4 heterocycles. The summed E-state index contributed by atoms with van der Waals surface area (Å²) < 4.78 is 3.68. The van der Waals surface area contributed by atoms with Crippen molar-refractivity contribution in [3.05, 3.63) is 54.8 Å². The molecule has 0 radical (unpaired) electrons. The van der Waals surface area contributed by atoms with Gasteiger partial charge in [-0.2, -0.15) is 5.10 Å². The van der Waals surface area contributed by atoms with Gasteiger partial charge in [0.2, 0.25) is 5.95 Å². The quantitative estimate of drug-likeness (QED) is 0.598. The largest absolute Gasteiger partial charge is 0.309 e. The van der Waals surface area contributed by atoms with E-state index >= 15 is 0 Å². The minimum absolute atomic E-state index is 0.513. The Morgan fingerprint density at radius 1 is 1.15 bits per heavy atom. The zero-order chi connectivity index (χ0) is 17.9. The van der Waals surface area contributed by atoms with Crippen molar-refractivity contribution in [3.8, 4) is 11.3 Å². The molecule has 0 aliphatic rings. The summed E-state index contributed by atoms with van der Waals surface area (Å²) >= 11 is 0. The molecule has 4 rings (SSSR count). The topological polar surface area (TPSA) is 85.8 Å². The number of aromatic nitrogens is 7. The molecule has 26 heavy (non-hydrogen) atoms. The molecule has 0 aliphatic heterocycles. The summed E-state index contributed by atoms with van der Waals surface area (Å²) in [4.78, 5) is 8.86. The molecule has 1 N–H and O–H groups in total. The maximum absolute atomic E-state index is 4.59. The van der Waals surface area contributed by atoms with Gasteiger partial charge in [-0.15, -0.1) is 10.2 Å². The van der Waals surface area contributed by atoms with E-state index in [1.165, 1.54) is 0 Å². The molecule has 0 bridgehead atoms. The van der Waals surface area contributed by atoms with Crippen molar-refractivity contribution in [2.45, 2.75) is 13.3 Å². The van der Waals surface area contributed by atoms with Crippen molar-refractivity contribution in [2.24, 2.45) is 7.05 Å². The number of fused-ring (bicyclic) bond motifs is 1. The number of anilines is 2. The molecule has 4 aromatic rings. The average molecular weight is 346 g/mol. The summed E-state index contributed by atoms with van der Waals surface area (Å²) in [6, 6.07) is 7.69. The van der Waals surface area contributed by atoms with E-state index in [2.05, 4.69) is 43.6 Å². The minimum Gasteiger partial charge on any atom is -0.309 e. The Bertz CT molecular complexity index is 1080. The third kappa shape index (κ3) is 3.04. The van der Waals surface area contributed by atoms with E-state index in [9.17, 15) is 0 Å². The van der Waals surface area contributed by atoms with Crippen LogP contribution in [0.15, 0.2) is 48.9 Å². The van der Waals surface area contributed by atoms with Crippen molar-refractivity contribution in [3.63, 3.8) is 0 Å². The van der Waals surface area contributed by atoms with Crippen LogP contribution >= 0.6 is 0 Å². The molecule has 0 aliphatic carbocycles. The predicted octanol–water partition coefficient (Wildman–Crippen LogP) is 3.09. The molecule has 0 spiro atoms. The molecule has 8 heteroatoms. The van der Waals surface area contributed by atoms with Crippen molar-refractivity contribution in [1.29, 1.82) is 0 Å². The van der Waals surface area contributed by atoms with E-state index in [1.54, 1.807) is 17.1 Å². The number of nitrogens with zero attached hydrogens (tertiary/aromatic N) is 7.